The van der Waals surface area contributed by atoms with E-state index < -0.39 is 35.7 Å². The van der Waals surface area contributed by atoms with E-state index in [9.17, 15) is 14.7 Å². The van der Waals surface area contributed by atoms with Gasteiger partial charge in [0, 0.05) is 17.6 Å². The van der Waals surface area contributed by atoms with Crippen molar-refractivity contribution in [2.45, 2.75) is 92.5 Å². The molecule has 0 spiro atoms. The number of esters is 2. The highest BCUT2D eigenvalue weighted by atomic mass is 16.6. The number of aliphatic hydroxyl groups is 1. The molecule has 30 heavy (non-hydrogen) atoms. The molecular formula is C25H38O5. The zero-order valence-corrected chi connectivity index (χ0v) is 19.7. The van der Waals surface area contributed by atoms with Gasteiger partial charge in [0.05, 0.1) is 11.5 Å². The molecule has 0 saturated carbocycles. The van der Waals surface area contributed by atoms with Crippen LogP contribution in [0, 0.1) is 5.92 Å². The first kappa shape index (κ1) is 25.9. The highest BCUT2D eigenvalue weighted by Gasteiger charge is 2.43. The number of ether oxygens (including phenoxy) is 2. The molecule has 0 radical (unpaired) electrons. The van der Waals surface area contributed by atoms with Crippen molar-refractivity contribution in [1.82, 2.24) is 0 Å². The Morgan fingerprint density at radius 1 is 1.03 bits per heavy atom. The standard InChI is InChI=1S/C25H38O5/c1-9-18(5)23(26)29-20-14-16(3)12-11-13-17(4)15-21(22(20)25(7,8)28)30-24(27)19(6)10-2/h9-10,12,15,20-22,28H,11,13-14H2,1-8H3/b16-12+,17-15+,18-9-,19-10-/t20-,21+,22+/m0/s1. The lowest BCUT2D eigenvalue weighted by Crippen LogP contribution is -2.49. The predicted molar refractivity (Wildman–Crippen MR) is 120 cm³/mol. The van der Waals surface area contributed by atoms with E-state index in [2.05, 4.69) is 6.08 Å². The number of rotatable bonds is 5. The smallest absolute Gasteiger partial charge is 0.333 e. The first-order valence-electron chi connectivity index (χ1n) is 10.6. The van der Waals surface area contributed by atoms with E-state index in [0.29, 0.717) is 17.6 Å². The zero-order chi connectivity index (χ0) is 23.1. The summed E-state index contributed by atoms with van der Waals surface area (Å²) in [6.45, 7) is 14.3. The quantitative estimate of drug-likeness (QED) is 0.377. The summed E-state index contributed by atoms with van der Waals surface area (Å²) >= 11 is 0. The number of hydrogen-bond acceptors (Lipinski definition) is 5. The van der Waals surface area contributed by atoms with Crippen molar-refractivity contribution < 1.29 is 24.2 Å². The van der Waals surface area contributed by atoms with Crippen molar-refractivity contribution >= 4 is 11.9 Å². The summed E-state index contributed by atoms with van der Waals surface area (Å²) in [5, 5.41) is 11.1. The number of carbonyl (C=O) groups excluding carboxylic acids is 2. The molecule has 0 unspecified atom stereocenters. The second-order valence-electron chi connectivity index (χ2n) is 8.74. The molecule has 0 aromatic carbocycles. The zero-order valence-electron chi connectivity index (χ0n) is 19.7. The molecule has 3 atom stereocenters. The van der Waals surface area contributed by atoms with Gasteiger partial charge in [-0.15, -0.1) is 0 Å². The normalized spacial score (nSPS) is 28.0. The minimum Gasteiger partial charge on any atom is -0.458 e. The topological polar surface area (TPSA) is 72.8 Å². The van der Waals surface area contributed by atoms with E-state index in [1.807, 2.05) is 19.9 Å². The number of carbonyl (C=O) groups is 2. The average molecular weight is 419 g/mol. The van der Waals surface area contributed by atoms with Gasteiger partial charge in [0.2, 0.25) is 0 Å². The molecule has 0 amide bonds. The molecule has 1 aliphatic rings. The minimum absolute atomic E-state index is 0.433. The Morgan fingerprint density at radius 3 is 2.07 bits per heavy atom. The van der Waals surface area contributed by atoms with Crippen LogP contribution >= 0.6 is 0 Å². The highest BCUT2D eigenvalue weighted by molar-refractivity contribution is 5.88. The fraction of sp³-hybridized carbons (Fsp3) is 0.600. The van der Waals surface area contributed by atoms with Gasteiger partial charge >= 0.3 is 11.9 Å². The van der Waals surface area contributed by atoms with Crippen LogP contribution in [0.3, 0.4) is 0 Å². The molecule has 1 rings (SSSR count). The van der Waals surface area contributed by atoms with Crippen molar-refractivity contribution in [2.24, 2.45) is 5.92 Å². The van der Waals surface area contributed by atoms with Gasteiger partial charge in [-0.25, -0.2) is 9.59 Å². The fourth-order valence-electron chi connectivity index (χ4n) is 3.51. The molecule has 5 nitrogen and oxygen atoms in total. The van der Waals surface area contributed by atoms with Gasteiger partial charge in [-0.1, -0.05) is 29.4 Å². The van der Waals surface area contributed by atoms with E-state index in [1.54, 1.807) is 53.7 Å². The Kier molecular flexibility index (Phi) is 9.76. The Balaban J connectivity index is 3.52. The fourth-order valence-corrected chi connectivity index (χ4v) is 3.51. The molecule has 168 valence electrons. The third-order valence-electron chi connectivity index (χ3n) is 5.59. The average Bonchev–Trinajstić information content (AvgIpc) is 2.64. The first-order valence-corrected chi connectivity index (χ1v) is 10.6. The van der Waals surface area contributed by atoms with Crippen LogP contribution in [-0.2, 0) is 19.1 Å². The van der Waals surface area contributed by atoms with Gasteiger partial charge in [-0.3, -0.25) is 0 Å². The van der Waals surface area contributed by atoms with Crippen LogP contribution in [0.5, 0.6) is 0 Å². The minimum atomic E-state index is -1.26. The molecule has 0 aromatic rings. The maximum atomic E-state index is 12.6. The van der Waals surface area contributed by atoms with Crippen LogP contribution in [0.2, 0.25) is 0 Å². The third-order valence-corrected chi connectivity index (χ3v) is 5.59. The van der Waals surface area contributed by atoms with E-state index >= 15 is 0 Å². The SMILES string of the molecule is C/C=C(/C)C(=O)O[C@H]1C/C(C)=C/CC/C(C)=C/[C@@H](OC(=O)/C(C)=C\C)[C@@H]1C(C)(C)O. The molecule has 0 aliphatic heterocycles. The van der Waals surface area contributed by atoms with Crippen LogP contribution in [0.4, 0.5) is 0 Å². The molecule has 0 bridgehead atoms. The molecule has 0 saturated heterocycles. The molecular weight excluding hydrogens is 380 g/mol. The summed E-state index contributed by atoms with van der Waals surface area (Å²) in [7, 11) is 0. The van der Waals surface area contributed by atoms with Gasteiger partial charge in [0.15, 0.2) is 0 Å². The molecule has 0 aromatic heterocycles. The Labute approximate surface area is 181 Å². The second-order valence-corrected chi connectivity index (χ2v) is 8.74. The molecule has 0 fully saturated rings. The monoisotopic (exact) mass is 418 g/mol. The van der Waals surface area contributed by atoms with Gasteiger partial charge in [-0.05, 0) is 74.3 Å². The van der Waals surface area contributed by atoms with Crippen molar-refractivity contribution in [1.29, 1.82) is 0 Å². The van der Waals surface area contributed by atoms with Gasteiger partial charge in [0.25, 0.3) is 0 Å². The lowest BCUT2D eigenvalue weighted by atomic mass is 9.78. The Bertz CT molecular complexity index is 746. The molecule has 5 heteroatoms. The van der Waals surface area contributed by atoms with E-state index in [0.717, 1.165) is 24.0 Å². The van der Waals surface area contributed by atoms with Crippen molar-refractivity contribution in [3.63, 3.8) is 0 Å². The second kappa shape index (κ2) is 11.3. The van der Waals surface area contributed by atoms with Crippen molar-refractivity contribution in [2.75, 3.05) is 0 Å². The summed E-state index contributed by atoms with van der Waals surface area (Å²) in [6.07, 6.45) is 8.16. The summed E-state index contributed by atoms with van der Waals surface area (Å²) in [5.41, 5.74) is 1.85. The van der Waals surface area contributed by atoms with E-state index in [-0.39, 0.29) is 0 Å². The highest BCUT2D eigenvalue weighted by Crippen LogP contribution is 2.34. The molecule has 1 aliphatic carbocycles. The molecule has 0 heterocycles. The van der Waals surface area contributed by atoms with Gasteiger partial charge in [0.1, 0.15) is 12.2 Å². The predicted octanol–water partition coefficient (Wildman–Crippen LogP) is 5.21. The van der Waals surface area contributed by atoms with Gasteiger partial charge in [-0.2, -0.15) is 0 Å². The largest absolute Gasteiger partial charge is 0.458 e. The lowest BCUT2D eigenvalue weighted by Gasteiger charge is -2.40. The van der Waals surface area contributed by atoms with Gasteiger partial charge < -0.3 is 14.6 Å². The van der Waals surface area contributed by atoms with Crippen LogP contribution in [0.15, 0.2) is 46.6 Å². The summed E-state index contributed by atoms with van der Waals surface area (Å²) < 4.78 is 11.7. The lowest BCUT2D eigenvalue weighted by molar-refractivity contribution is -0.166. The molecule has 1 N–H and O–H groups in total. The van der Waals surface area contributed by atoms with Crippen molar-refractivity contribution in [3.05, 3.63) is 46.6 Å². The summed E-state index contributed by atoms with van der Waals surface area (Å²) in [6, 6.07) is 0. The Morgan fingerprint density at radius 2 is 1.57 bits per heavy atom. The first-order chi connectivity index (χ1) is 13.9. The number of hydrogen-bond donors (Lipinski definition) is 1. The van der Waals surface area contributed by atoms with Crippen LogP contribution in [-0.4, -0.2) is 34.9 Å². The summed E-state index contributed by atoms with van der Waals surface area (Å²) in [5.74, 6) is -1.52. The summed E-state index contributed by atoms with van der Waals surface area (Å²) in [4.78, 5) is 25.2. The van der Waals surface area contributed by atoms with Crippen molar-refractivity contribution in [3.8, 4) is 0 Å². The van der Waals surface area contributed by atoms with Crippen LogP contribution in [0.25, 0.3) is 0 Å². The third kappa shape index (κ3) is 7.60. The maximum Gasteiger partial charge on any atom is 0.333 e. The van der Waals surface area contributed by atoms with E-state index in [1.165, 1.54) is 0 Å². The Hall–Kier alpha value is -2.14. The maximum absolute atomic E-state index is 12.6. The van der Waals surface area contributed by atoms with Crippen LogP contribution in [0.1, 0.15) is 74.7 Å². The van der Waals surface area contributed by atoms with E-state index in [4.69, 9.17) is 9.47 Å². The van der Waals surface area contributed by atoms with Crippen LogP contribution < -0.4 is 0 Å². The number of allylic oxidation sites excluding steroid dienone is 4.